The van der Waals surface area contributed by atoms with Crippen LogP contribution >= 0.6 is 7.82 Å². The number of aliphatic hydroxyl groups is 3. The molecule has 0 radical (unpaired) electrons. The molecule has 0 aromatic carbocycles. The van der Waals surface area contributed by atoms with Crippen molar-refractivity contribution in [2.24, 2.45) is 0 Å². The normalized spacial score (nSPS) is 54.5. The molecule has 0 saturated carbocycles. The number of aliphatic hydroxyl groups excluding tert-OH is 1. The molecule has 0 spiro atoms. The molecule has 2 bridgehead atoms. The largest absolute Gasteiger partial charge is 0.487 e. The Morgan fingerprint density at radius 3 is 2.31 bits per heavy atom. The number of hydrogen-bond acceptors (Lipinski definition) is 8. The average molecular weight is 212 g/mol. The van der Waals surface area contributed by atoms with Crippen LogP contribution in [0.25, 0.3) is 0 Å². The van der Waals surface area contributed by atoms with Crippen molar-refractivity contribution in [3.8, 4) is 0 Å². The Balaban J connectivity index is 2.38. The van der Waals surface area contributed by atoms with Gasteiger partial charge in [-0.15, -0.1) is 0 Å². The first-order chi connectivity index (χ1) is 5.84. The minimum absolute atomic E-state index is 1.15. The van der Waals surface area contributed by atoms with E-state index in [4.69, 9.17) is 15.3 Å². The molecule has 0 aliphatic carbocycles. The molecule has 3 aliphatic heterocycles. The second-order valence-electron chi connectivity index (χ2n) is 2.57. The zero-order valence-corrected chi connectivity index (χ0v) is 6.93. The molecule has 3 saturated heterocycles. The lowest BCUT2D eigenvalue weighted by atomic mass is 10.1. The number of ketones is 1. The van der Waals surface area contributed by atoms with Gasteiger partial charge in [-0.25, -0.2) is 18.1 Å². The van der Waals surface area contributed by atoms with E-state index in [1.54, 1.807) is 0 Å². The van der Waals surface area contributed by atoms with Crippen molar-refractivity contribution in [3.63, 3.8) is 0 Å². The van der Waals surface area contributed by atoms with E-state index in [2.05, 4.69) is 13.6 Å². The van der Waals surface area contributed by atoms with Crippen molar-refractivity contribution in [2.75, 3.05) is 6.61 Å². The quantitative estimate of drug-likeness (QED) is 0.429. The first kappa shape index (κ1) is 9.22. The van der Waals surface area contributed by atoms with Crippen LogP contribution < -0.4 is 0 Å². The van der Waals surface area contributed by atoms with Crippen LogP contribution in [0.3, 0.4) is 0 Å². The highest BCUT2D eigenvalue weighted by molar-refractivity contribution is 7.50. The first-order valence-corrected chi connectivity index (χ1v) is 4.62. The van der Waals surface area contributed by atoms with Gasteiger partial charge in [0.2, 0.25) is 0 Å². The third-order valence-corrected chi connectivity index (χ3v) is 3.06. The third-order valence-electron chi connectivity index (χ3n) is 1.59. The minimum Gasteiger partial charge on any atom is -0.390 e. The highest BCUT2D eigenvalue weighted by Crippen LogP contribution is 2.70. The van der Waals surface area contributed by atoms with Crippen molar-refractivity contribution in [1.82, 2.24) is 0 Å². The van der Waals surface area contributed by atoms with Crippen LogP contribution in [0.15, 0.2) is 0 Å². The summed E-state index contributed by atoms with van der Waals surface area (Å²) in [5.41, 5.74) is 0. The van der Waals surface area contributed by atoms with Crippen LogP contribution in [0.4, 0.5) is 0 Å². The summed E-state index contributed by atoms with van der Waals surface area (Å²) < 4.78 is 23.3. The summed E-state index contributed by atoms with van der Waals surface area (Å²) in [7, 11) is -4.06. The molecular formula is C4H5O8P. The number of rotatable bonds is 1. The van der Waals surface area contributed by atoms with E-state index in [1.165, 1.54) is 0 Å². The lowest BCUT2D eigenvalue weighted by Crippen LogP contribution is -2.67. The average Bonchev–Trinajstić information content (AvgIpc) is 1.97. The Morgan fingerprint density at radius 1 is 1.31 bits per heavy atom. The molecule has 3 fully saturated rings. The number of phosphoric acid groups is 1. The fourth-order valence-electron chi connectivity index (χ4n) is 1.00. The SMILES string of the molecule is O=C1C2(O)OP(=O)(O2)O[C@@]1(O)CO. The molecule has 9 heteroatoms. The Kier molecular flexibility index (Phi) is 1.55. The summed E-state index contributed by atoms with van der Waals surface area (Å²) >= 11 is 0. The predicted molar refractivity (Wildman–Crippen MR) is 32.9 cm³/mol. The van der Waals surface area contributed by atoms with Gasteiger partial charge in [-0.3, -0.25) is 4.79 Å². The Labute approximate surface area is 71.3 Å². The lowest BCUT2D eigenvalue weighted by Gasteiger charge is -2.48. The molecule has 8 nitrogen and oxygen atoms in total. The summed E-state index contributed by atoms with van der Waals surface area (Å²) in [5, 5.41) is 26.7. The zero-order valence-electron chi connectivity index (χ0n) is 6.04. The molecule has 3 aliphatic rings. The first-order valence-electron chi connectivity index (χ1n) is 3.16. The second kappa shape index (κ2) is 2.18. The molecule has 3 heterocycles. The van der Waals surface area contributed by atoms with Crippen molar-refractivity contribution in [2.45, 2.75) is 11.8 Å². The zero-order chi connectivity index (χ0) is 9.91. The fraction of sp³-hybridized carbons (Fsp3) is 0.750. The number of Topliss-reactive ketones (excluding diaryl/α,β-unsaturated/α-hetero) is 1. The van der Waals surface area contributed by atoms with Gasteiger partial charge in [0, 0.05) is 0 Å². The highest BCUT2D eigenvalue weighted by atomic mass is 31.2. The van der Waals surface area contributed by atoms with Crippen LogP contribution in [0.5, 0.6) is 0 Å². The molecular weight excluding hydrogens is 207 g/mol. The second-order valence-corrected chi connectivity index (χ2v) is 4.02. The van der Waals surface area contributed by atoms with Crippen LogP contribution in [0.1, 0.15) is 0 Å². The summed E-state index contributed by atoms with van der Waals surface area (Å²) in [6, 6.07) is 0. The van der Waals surface area contributed by atoms with Gasteiger partial charge in [0.15, 0.2) is 0 Å². The molecule has 3 N–H and O–H groups in total. The van der Waals surface area contributed by atoms with Crippen LogP contribution in [-0.4, -0.2) is 39.5 Å². The lowest BCUT2D eigenvalue weighted by molar-refractivity contribution is -0.370. The number of hydrogen-bond donors (Lipinski definition) is 3. The summed E-state index contributed by atoms with van der Waals surface area (Å²) in [4.78, 5) is 11.0. The summed E-state index contributed by atoms with van der Waals surface area (Å²) in [6.45, 7) is -1.15. The monoisotopic (exact) mass is 212 g/mol. The van der Waals surface area contributed by atoms with E-state index in [-0.39, 0.29) is 0 Å². The van der Waals surface area contributed by atoms with E-state index in [1.807, 2.05) is 0 Å². The van der Waals surface area contributed by atoms with Gasteiger partial charge in [0.05, 0.1) is 0 Å². The summed E-state index contributed by atoms with van der Waals surface area (Å²) in [5.74, 6) is -6.92. The van der Waals surface area contributed by atoms with Gasteiger partial charge in [-0.1, -0.05) is 0 Å². The fourth-order valence-corrected chi connectivity index (χ4v) is 2.37. The van der Waals surface area contributed by atoms with E-state index in [9.17, 15) is 9.36 Å². The number of phosphoric ester groups is 1. The smallest absolute Gasteiger partial charge is 0.390 e. The van der Waals surface area contributed by atoms with Gasteiger partial charge in [-0.05, 0) is 0 Å². The molecule has 0 amide bonds. The maximum atomic E-state index is 11.0. The molecule has 0 aromatic rings. The van der Waals surface area contributed by atoms with Crippen molar-refractivity contribution < 1.29 is 38.3 Å². The molecule has 1 atom stereocenters. The minimum atomic E-state index is -4.06. The molecule has 3 rings (SSSR count). The highest BCUT2D eigenvalue weighted by Gasteiger charge is 2.74. The Bertz CT molecular complexity index is 314. The van der Waals surface area contributed by atoms with Crippen molar-refractivity contribution in [1.29, 1.82) is 0 Å². The van der Waals surface area contributed by atoms with Gasteiger partial charge in [0.25, 0.3) is 11.6 Å². The van der Waals surface area contributed by atoms with E-state index >= 15 is 0 Å². The standard InChI is InChI=1S/C4H5O8P/c5-1-3(7)2(6)4(8)11-13(9,10-3)12-4/h5,7-8H,1H2/t3-,4?,13?/m0/s1. The van der Waals surface area contributed by atoms with Gasteiger partial charge in [-0.2, -0.15) is 0 Å². The van der Waals surface area contributed by atoms with Crippen LogP contribution in [0.2, 0.25) is 0 Å². The van der Waals surface area contributed by atoms with Crippen LogP contribution in [0, 0.1) is 0 Å². The van der Waals surface area contributed by atoms with Gasteiger partial charge in [0.1, 0.15) is 6.61 Å². The molecule has 0 aromatic heterocycles. The number of carbonyl (C=O) groups excluding carboxylic acids is 1. The predicted octanol–water partition coefficient (Wildman–Crippen LogP) is -1.93. The molecule has 13 heavy (non-hydrogen) atoms. The maximum Gasteiger partial charge on any atom is 0.487 e. The Morgan fingerprint density at radius 2 is 1.85 bits per heavy atom. The topological polar surface area (TPSA) is 123 Å². The van der Waals surface area contributed by atoms with E-state index in [0.717, 1.165) is 0 Å². The third kappa shape index (κ3) is 1.02. The molecule has 0 unspecified atom stereocenters. The maximum absolute atomic E-state index is 11.0. The van der Waals surface area contributed by atoms with Gasteiger partial charge < -0.3 is 15.3 Å². The number of carbonyl (C=O) groups is 1. The summed E-state index contributed by atoms with van der Waals surface area (Å²) in [6.07, 6.45) is 0. The van der Waals surface area contributed by atoms with Crippen molar-refractivity contribution in [3.05, 3.63) is 0 Å². The van der Waals surface area contributed by atoms with E-state index in [0.29, 0.717) is 0 Å². The van der Waals surface area contributed by atoms with E-state index < -0.39 is 32.0 Å². The van der Waals surface area contributed by atoms with Crippen LogP contribution in [-0.2, 0) is 22.9 Å². The molecule has 74 valence electrons. The van der Waals surface area contributed by atoms with Gasteiger partial charge >= 0.3 is 13.8 Å². The Hall–Kier alpha value is -0.340. The number of fused-ring (bicyclic) bond motifs is 2. The van der Waals surface area contributed by atoms with Crippen molar-refractivity contribution >= 4 is 13.6 Å².